The molecule has 5 nitrogen and oxygen atoms in total. The summed E-state index contributed by atoms with van der Waals surface area (Å²) >= 11 is 1.69. The minimum Gasteiger partial charge on any atom is -0.482 e. The van der Waals surface area contributed by atoms with Crippen molar-refractivity contribution < 1.29 is 14.3 Å². The van der Waals surface area contributed by atoms with Crippen LogP contribution in [0, 0.1) is 0 Å². The van der Waals surface area contributed by atoms with Crippen LogP contribution in [0.25, 0.3) is 0 Å². The molecule has 0 bridgehead atoms. The summed E-state index contributed by atoms with van der Waals surface area (Å²) < 4.78 is 11.6. The number of benzene rings is 1. The lowest BCUT2D eigenvalue weighted by molar-refractivity contribution is -0.133. The molecule has 6 heteroatoms. The van der Waals surface area contributed by atoms with Crippen LogP contribution < -0.4 is 14.8 Å². The number of para-hydroxylation sites is 2. The second-order valence-electron chi connectivity index (χ2n) is 6.05. The van der Waals surface area contributed by atoms with Crippen LogP contribution in [0.2, 0.25) is 0 Å². The number of nitrogens with zero attached hydrogens (tertiary/aromatic N) is 1. The molecule has 3 rings (SSSR count). The normalized spacial score (nSPS) is 20.7. The summed E-state index contributed by atoms with van der Waals surface area (Å²) in [5, 5.41) is 5.05. The lowest BCUT2D eigenvalue weighted by Crippen LogP contribution is -2.50. The minimum absolute atomic E-state index is 0.140. The maximum atomic E-state index is 12.6. The Morgan fingerprint density at radius 1 is 1.21 bits per heavy atom. The van der Waals surface area contributed by atoms with E-state index in [2.05, 4.69) is 16.3 Å². The van der Waals surface area contributed by atoms with Gasteiger partial charge >= 0.3 is 0 Å². The van der Waals surface area contributed by atoms with E-state index in [0.29, 0.717) is 18.0 Å². The number of thiophene rings is 1. The lowest BCUT2D eigenvalue weighted by atomic mass is 10.1. The summed E-state index contributed by atoms with van der Waals surface area (Å²) in [6, 6.07) is 11.7. The van der Waals surface area contributed by atoms with Gasteiger partial charge in [-0.15, -0.1) is 11.3 Å². The molecule has 1 N–H and O–H groups in total. The third-order valence-electron chi connectivity index (χ3n) is 4.07. The number of likely N-dealkylation sites (N-methyl/N-ethyl adjacent to an activating group) is 1. The molecule has 2 aromatic rings. The predicted octanol–water partition coefficient (Wildman–Crippen LogP) is 2.70. The maximum absolute atomic E-state index is 12.6. The highest BCUT2D eigenvalue weighted by molar-refractivity contribution is 7.10. The summed E-state index contributed by atoms with van der Waals surface area (Å²) in [4.78, 5) is 15.9. The summed E-state index contributed by atoms with van der Waals surface area (Å²) in [7, 11) is 4.02. The molecule has 24 heavy (non-hydrogen) atoms. The van der Waals surface area contributed by atoms with Crippen LogP contribution in [0.5, 0.6) is 11.5 Å². The Hall–Kier alpha value is -2.05. The Labute approximate surface area is 146 Å². The number of carbonyl (C=O) groups excluding carboxylic acids is 1. The fourth-order valence-electron chi connectivity index (χ4n) is 2.72. The smallest absolute Gasteiger partial charge is 0.265 e. The molecule has 1 aromatic carbocycles. The van der Waals surface area contributed by atoms with Gasteiger partial charge < -0.3 is 19.7 Å². The van der Waals surface area contributed by atoms with Crippen molar-refractivity contribution in [3.8, 4) is 11.5 Å². The molecule has 0 saturated heterocycles. The van der Waals surface area contributed by atoms with E-state index in [-0.39, 0.29) is 18.1 Å². The molecular weight excluding hydrogens is 324 g/mol. The van der Waals surface area contributed by atoms with Crippen LogP contribution in [0.1, 0.15) is 17.8 Å². The Bertz CT molecular complexity index is 687. The highest BCUT2D eigenvalue weighted by atomic mass is 32.1. The molecule has 1 amide bonds. The third kappa shape index (κ3) is 3.55. The molecule has 3 unspecified atom stereocenters. The first-order chi connectivity index (χ1) is 11.6. The van der Waals surface area contributed by atoms with E-state index < -0.39 is 6.10 Å². The van der Waals surface area contributed by atoms with E-state index in [9.17, 15) is 4.79 Å². The van der Waals surface area contributed by atoms with Crippen LogP contribution in [-0.4, -0.2) is 43.7 Å². The Morgan fingerprint density at radius 2 is 1.92 bits per heavy atom. The van der Waals surface area contributed by atoms with Gasteiger partial charge in [-0.1, -0.05) is 18.2 Å². The summed E-state index contributed by atoms with van der Waals surface area (Å²) in [6.07, 6.45) is -0.981. The minimum atomic E-state index is -0.647. The van der Waals surface area contributed by atoms with Gasteiger partial charge in [0.25, 0.3) is 5.91 Å². The van der Waals surface area contributed by atoms with E-state index in [4.69, 9.17) is 9.47 Å². The molecule has 0 saturated carbocycles. The van der Waals surface area contributed by atoms with Gasteiger partial charge in [-0.2, -0.15) is 0 Å². The van der Waals surface area contributed by atoms with Gasteiger partial charge in [0.2, 0.25) is 6.10 Å². The zero-order valence-electron chi connectivity index (χ0n) is 14.1. The lowest BCUT2D eigenvalue weighted by Gasteiger charge is -2.32. The Morgan fingerprint density at radius 3 is 2.54 bits per heavy atom. The van der Waals surface area contributed by atoms with Gasteiger partial charge in [0.05, 0.1) is 6.04 Å². The van der Waals surface area contributed by atoms with Crippen molar-refractivity contribution in [3.05, 3.63) is 46.7 Å². The number of rotatable bonds is 5. The van der Waals surface area contributed by atoms with Crippen molar-refractivity contribution in [1.29, 1.82) is 0 Å². The highest BCUT2D eigenvalue weighted by Crippen LogP contribution is 2.33. The first-order valence-electron chi connectivity index (χ1n) is 7.96. The molecule has 1 aliphatic rings. The first kappa shape index (κ1) is 16.8. The summed E-state index contributed by atoms with van der Waals surface area (Å²) in [5.74, 6) is 1.14. The van der Waals surface area contributed by atoms with Crippen molar-refractivity contribution >= 4 is 17.2 Å². The van der Waals surface area contributed by atoms with Crippen LogP contribution in [0.4, 0.5) is 0 Å². The number of ether oxygens (including phenoxy) is 2. The second kappa shape index (κ2) is 7.23. The van der Waals surface area contributed by atoms with Gasteiger partial charge in [0, 0.05) is 11.4 Å². The number of hydrogen-bond donors (Lipinski definition) is 1. The standard InChI is InChI=1S/C18H22N2O3S/c1-12-17(23-15-8-5-4-7-14(15)22-12)18(21)19-11-13(20(2)3)16-9-6-10-24-16/h4-10,12-13,17H,11H2,1-3H3,(H,19,21). The molecule has 128 valence electrons. The molecule has 1 aliphatic heterocycles. The maximum Gasteiger partial charge on any atom is 0.265 e. The quantitative estimate of drug-likeness (QED) is 0.904. The van der Waals surface area contributed by atoms with Gasteiger partial charge in [0.1, 0.15) is 6.10 Å². The SMILES string of the molecule is CC1Oc2ccccc2OC1C(=O)NCC(c1cccs1)N(C)C. The average molecular weight is 346 g/mol. The van der Waals surface area contributed by atoms with E-state index in [1.54, 1.807) is 11.3 Å². The number of amides is 1. The number of hydrogen-bond acceptors (Lipinski definition) is 5. The monoisotopic (exact) mass is 346 g/mol. The zero-order valence-corrected chi connectivity index (χ0v) is 14.9. The van der Waals surface area contributed by atoms with Crippen LogP contribution in [-0.2, 0) is 4.79 Å². The molecule has 1 aromatic heterocycles. The van der Waals surface area contributed by atoms with Crippen LogP contribution >= 0.6 is 11.3 Å². The van der Waals surface area contributed by atoms with Crippen molar-refractivity contribution in [1.82, 2.24) is 10.2 Å². The van der Waals surface area contributed by atoms with Gasteiger partial charge in [-0.3, -0.25) is 4.79 Å². The van der Waals surface area contributed by atoms with E-state index >= 15 is 0 Å². The fourth-order valence-corrected chi connectivity index (χ4v) is 3.65. The van der Waals surface area contributed by atoms with Crippen molar-refractivity contribution in [2.45, 2.75) is 25.2 Å². The van der Waals surface area contributed by atoms with Crippen molar-refractivity contribution in [3.63, 3.8) is 0 Å². The number of nitrogens with one attached hydrogen (secondary N) is 1. The zero-order chi connectivity index (χ0) is 17.1. The van der Waals surface area contributed by atoms with E-state index in [1.807, 2.05) is 56.7 Å². The molecule has 3 atom stereocenters. The van der Waals surface area contributed by atoms with Gasteiger partial charge in [0.15, 0.2) is 11.5 Å². The fraction of sp³-hybridized carbons (Fsp3) is 0.389. The molecular formula is C18H22N2O3S. The average Bonchev–Trinajstić information content (AvgIpc) is 3.08. The number of carbonyl (C=O) groups is 1. The Balaban J connectivity index is 1.64. The predicted molar refractivity (Wildman–Crippen MR) is 94.7 cm³/mol. The van der Waals surface area contributed by atoms with Crippen molar-refractivity contribution in [2.24, 2.45) is 0 Å². The first-order valence-corrected chi connectivity index (χ1v) is 8.84. The molecule has 0 spiro atoms. The molecule has 0 aliphatic carbocycles. The van der Waals surface area contributed by atoms with Crippen LogP contribution in [0.15, 0.2) is 41.8 Å². The van der Waals surface area contributed by atoms with Gasteiger partial charge in [-0.05, 0) is 44.6 Å². The van der Waals surface area contributed by atoms with E-state index in [1.165, 1.54) is 4.88 Å². The second-order valence-corrected chi connectivity index (χ2v) is 7.03. The third-order valence-corrected chi connectivity index (χ3v) is 5.04. The summed E-state index contributed by atoms with van der Waals surface area (Å²) in [6.45, 7) is 2.38. The molecule has 2 heterocycles. The topological polar surface area (TPSA) is 50.8 Å². The molecule has 0 radical (unpaired) electrons. The Kier molecular flexibility index (Phi) is 5.06. The highest BCUT2D eigenvalue weighted by Gasteiger charge is 2.34. The summed E-state index contributed by atoms with van der Waals surface area (Å²) in [5.41, 5.74) is 0. The number of fused-ring (bicyclic) bond motifs is 1. The van der Waals surface area contributed by atoms with Gasteiger partial charge in [-0.25, -0.2) is 0 Å². The van der Waals surface area contributed by atoms with E-state index in [0.717, 1.165) is 0 Å². The van der Waals surface area contributed by atoms with Crippen LogP contribution in [0.3, 0.4) is 0 Å². The largest absolute Gasteiger partial charge is 0.482 e. The molecule has 0 fully saturated rings. The van der Waals surface area contributed by atoms with Crippen molar-refractivity contribution in [2.75, 3.05) is 20.6 Å².